The number of hydrogen-bond donors (Lipinski definition) is 1. The van der Waals surface area contributed by atoms with Crippen molar-refractivity contribution in [2.24, 2.45) is 5.92 Å². The summed E-state index contributed by atoms with van der Waals surface area (Å²) >= 11 is 2.02. The summed E-state index contributed by atoms with van der Waals surface area (Å²) in [5, 5.41) is 3.52. The van der Waals surface area contributed by atoms with Crippen molar-refractivity contribution < 1.29 is 8.78 Å². The van der Waals surface area contributed by atoms with Gasteiger partial charge in [-0.25, -0.2) is 8.78 Å². The lowest BCUT2D eigenvalue weighted by atomic mass is 9.91. The minimum absolute atomic E-state index is 0.245. The SMILES string of the molecule is CCCNC(Cc1cc(F)ccc1F)CC1CCSCC1. The number of benzene rings is 1. The maximum absolute atomic E-state index is 13.8. The van der Waals surface area contributed by atoms with E-state index in [4.69, 9.17) is 0 Å². The fraction of sp³-hybridized carbons (Fsp3) is 0.647. The number of hydrogen-bond acceptors (Lipinski definition) is 2. The van der Waals surface area contributed by atoms with Crippen LogP contribution in [0, 0.1) is 17.6 Å². The highest BCUT2D eigenvalue weighted by molar-refractivity contribution is 7.99. The quantitative estimate of drug-likeness (QED) is 0.800. The predicted octanol–water partition coefficient (Wildman–Crippen LogP) is 4.41. The van der Waals surface area contributed by atoms with E-state index in [1.807, 2.05) is 11.8 Å². The van der Waals surface area contributed by atoms with Gasteiger partial charge in [0.2, 0.25) is 0 Å². The van der Waals surface area contributed by atoms with E-state index in [0.29, 0.717) is 12.0 Å². The molecule has 1 aliphatic heterocycles. The lowest BCUT2D eigenvalue weighted by molar-refractivity contribution is 0.359. The Hall–Kier alpha value is -0.610. The molecule has 0 bridgehead atoms. The molecule has 1 aliphatic rings. The third-order valence-electron chi connectivity index (χ3n) is 4.12. The van der Waals surface area contributed by atoms with E-state index in [1.54, 1.807) is 0 Å². The lowest BCUT2D eigenvalue weighted by Gasteiger charge is -2.27. The number of rotatable bonds is 7. The van der Waals surface area contributed by atoms with Gasteiger partial charge in [0.15, 0.2) is 0 Å². The summed E-state index contributed by atoms with van der Waals surface area (Å²) in [5.41, 5.74) is 0.494. The maximum atomic E-state index is 13.8. The number of thioether (sulfide) groups is 1. The highest BCUT2D eigenvalue weighted by Gasteiger charge is 2.20. The molecule has 1 heterocycles. The standard InChI is InChI=1S/C17H25F2NS/c1-2-7-20-16(10-13-5-8-21-9-6-13)12-14-11-15(18)3-4-17(14)19/h3-4,11,13,16,20H,2,5-10,12H2,1H3. The van der Waals surface area contributed by atoms with Gasteiger partial charge in [-0.2, -0.15) is 11.8 Å². The third kappa shape index (κ3) is 5.59. The van der Waals surface area contributed by atoms with Crippen LogP contribution in [0.2, 0.25) is 0 Å². The summed E-state index contributed by atoms with van der Waals surface area (Å²) in [4.78, 5) is 0. The Bertz CT molecular complexity index is 433. The van der Waals surface area contributed by atoms with Gasteiger partial charge >= 0.3 is 0 Å². The topological polar surface area (TPSA) is 12.0 Å². The first-order valence-corrected chi connectivity index (χ1v) is 9.09. The Kier molecular flexibility index (Phi) is 6.97. The summed E-state index contributed by atoms with van der Waals surface area (Å²) in [7, 11) is 0. The molecular formula is C17H25F2NS. The first kappa shape index (κ1) is 16.8. The molecule has 21 heavy (non-hydrogen) atoms. The molecule has 1 nitrogen and oxygen atoms in total. The van der Waals surface area contributed by atoms with Crippen molar-refractivity contribution in [3.05, 3.63) is 35.4 Å². The van der Waals surface area contributed by atoms with Gasteiger partial charge in [-0.05, 0) is 79.8 Å². The molecule has 1 saturated heterocycles. The molecule has 1 unspecified atom stereocenters. The molecular weight excluding hydrogens is 288 g/mol. The van der Waals surface area contributed by atoms with Crippen LogP contribution in [0.3, 0.4) is 0 Å². The maximum Gasteiger partial charge on any atom is 0.126 e. The zero-order valence-corrected chi connectivity index (χ0v) is 13.5. The van der Waals surface area contributed by atoms with Gasteiger partial charge in [-0.1, -0.05) is 6.92 Å². The first-order chi connectivity index (χ1) is 10.2. The third-order valence-corrected chi connectivity index (χ3v) is 5.16. The van der Waals surface area contributed by atoms with E-state index < -0.39 is 0 Å². The van der Waals surface area contributed by atoms with Crippen LogP contribution in [0.5, 0.6) is 0 Å². The molecule has 0 radical (unpaired) electrons. The van der Waals surface area contributed by atoms with E-state index >= 15 is 0 Å². The van der Waals surface area contributed by atoms with E-state index in [-0.39, 0.29) is 17.7 Å². The molecule has 1 fully saturated rings. The van der Waals surface area contributed by atoms with Crippen LogP contribution < -0.4 is 5.32 Å². The highest BCUT2D eigenvalue weighted by Crippen LogP contribution is 2.27. The Labute approximate surface area is 130 Å². The van der Waals surface area contributed by atoms with Crippen LogP contribution in [0.4, 0.5) is 8.78 Å². The van der Waals surface area contributed by atoms with Gasteiger partial charge in [0.05, 0.1) is 0 Å². The second-order valence-electron chi connectivity index (χ2n) is 5.88. The molecule has 0 saturated carbocycles. The molecule has 1 atom stereocenters. The van der Waals surface area contributed by atoms with E-state index in [1.165, 1.54) is 42.5 Å². The highest BCUT2D eigenvalue weighted by atomic mass is 32.2. The van der Waals surface area contributed by atoms with Gasteiger partial charge in [0.1, 0.15) is 11.6 Å². The molecule has 1 N–H and O–H groups in total. The summed E-state index contributed by atoms with van der Waals surface area (Å²) < 4.78 is 27.2. The average Bonchev–Trinajstić information content (AvgIpc) is 2.49. The number of halogens is 2. The first-order valence-electron chi connectivity index (χ1n) is 7.94. The Morgan fingerprint density at radius 2 is 2.05 bits per heavy atom. The zero-order valence-electron chi connectivity index (χ0n) is 12.7. The minimum Gasteiger partial charge on any atom is -0.314 e. The van der Waals surface area contributed by atoms with Gasteiger partial charge in [0.25, 0.3) is 0 Å². The molecule has 4 heteroatoms. The van der Waals surface area contributed by atoms with Crippen LogP contribution in [0.25, 0.3) is 0 Å². The van der Waals surface area contributed by atoms with Crippen LogP contribution in [0.1, 0.15) is 38.2 Å². The predicted molar refractivity (Wildman–Crippen MR) is 86.8 cm³/mol. The van der Waals surface area contributed by atoms with Gasteiger partial charge < -0.3 is 5.32 Å². The molecule has 1 aromatic carbocycles. The number of nitrogens with one attached hydrogen (secondary N) is 1. The van der Waals surface area contributed by atoms with E-state index in [0.717, 1.165) is 25.3 Å². The summed E-state index contributed by atoms with van der Waals surface area (Å²) in [5.74, 6) is 2.55. The fourth-order valence-corrected chi connectivity index (χ4v) is 4.14. The summed E-state index contributed by atoms with van der Waals surface area (Å²) in [6, 6.07) is 4.01. The van der Waals surface area contributed by atoms with E-state index in [9.17, 15) is 8.78 Å². The van der Waals surface area contributed by atoms with E-state index in [2.05, 4.69) is 12.2 Å². The lowest BCUT2D eigenvalue weighted by Crippen LogP contribution is -2.34. The normalized spacial score (nSPS) is 17.9. The van der Waals surface area contributed by atoms with Crippen molar-refractivity contribution in [2.45, 2.75) is 45.1 Å². The summed E-state index contributed by atoms with van der Waals surface area (Å²) in [6.07, 6.45) is 5.20. The monoisotopic (exact) mass is 313 g/mol. The van der Waals surface area contributed by atoms with Crippen molar-refractivity contribution in [1.82, 2.24) is 5.32 Å². The van der Waals surface area contributed by atoms with Gasteiger partial charge in [-0.15, -0.1) is 0 Å². The largest absolute Gasteiger partial charge is 0.314 e. The second-order valence-corrected chi connectivity index (χ2v) is 7.11. The smallest absolute Gasteiger partial charge is 0.126 e. The average molecular weight is 313 g/mol. The molecule has 1 aromatic rings. The van der Waals surface area contributed by atoms with Crippen molar-refractivity contribution in [2.75, 3.05) is 18.1 Å². The summed E-state index contributed by atoms with van der Waals surface area (Å²) in [6.45, 7) is 3.06. The Morgan fingerprint density at radius 3 is 2.76 bits per heavy atom. The minimum atomic E-state index is -0.352. The van der Waals surface area contributed by atoms with Crippen LogP contribution >= 0.6 is 11.8 Å². The molecule has 0 amide bonds. The van der Waals surface area contributed by atoms with Gasteiger partial charge in [0, 0.05) is 6.04 Å². The Balaban J connectivity index is 1.98. The van der Waals surface area contributed by atoms with Crippen molar-refractivity contribution in [1.29, 1.82) is 0 Å². The van der Waals surface area contributed by atoms with Gasteiger partial charge in [-0.3, -0.25) is 0 Å². The zero-order chi connectivity index (χ0) is 15.1. The van der Waals surface area contributed by atoms with Crippen molar-refractivity contribution in [3.63, 3.8) is 0 Å². The molecule has 118 valence electrons. The van der Waals surface area contributed by atoms with Crippen molar-refractivity contribution in [3.8, 4) is 0 Å². The van der Waals surface area contributed by atoms with Crippen LogP contribution in [-0.4, -0.2) is 24.1 Å². The molecule has 0 spiro atoms. The second kappa shape index (κ2) is 8.74. The molecule has 0 aromatic heterocycles. The van der Waals surface area contributed by atoms with Crippen molar-refractivity contribution >= 4 is 11.8 Å². The Morgan fingerprint density at radius 1 is 1.29 bits per heavy atom. The molecule has 2 rings (SSSR count). The fourth-order valence-electron chi connectivity index (χ4n) is 2.94. The van der Waals surface area contributed by atoms with Crippen LogP contribution in [-0.2, 0) is 6.42 Å². The van der Waals surface area contributed by atoms with Crippen LogP contribution in [0.15, 0.2) is 18.2 Å². The molecule has 0 aliphatic carbocycles.